The van der Waals surface area contributed by atoms with E-state index in [1.54, 1.807) is 29.6 Å². The number of aromatic nitrogens is 1. The molecule has 1 amide bonds. The summed E-state index contributed by atoms with van der Waals surface area (Å²) in [7, 11) is -3.69. The molecule has 134 valence electrons. The number of rotatable bonds is 5. The smallest absolute Gasteiger partial charge is 0.275 e. The van der Waals surface area contributed by atoms with E-state index in [0.29, 0.717) is 17.2 Å². The highest BCUT2D eigenvalue weighted by Gasteiger charge is 2.19. The lowest BCUT2D eigenvalue weighted by molar-refractivity contribution is 0.102. The van der Waals surface area contributed by atoms with Crippen LogP contribution in [0.5, 0.6) is 11.5 Å². The van der Waals surface area contributed by atoms with Gasteiger partial charge in [0.05, 0.1) is 0 Å². The Morgan fingerprint density at radius 3 is 2.81 bits per heavy atom. The molecule has 0 aliphatic carbocycles. The van der Waals surface area contributed by atoms with Crippen molar-refractivity contribution in [2.24, 2.45) is 0 Å². The molecule has 0 unspecified atom stereocenters. The summed E-state index contributed by atoms with van der Waals surface area (Å²) in [4.78, 5) is 16.3. The van der Waals surface area contributed by atoms with E-state index < -0.39 is 15.9 Å². The van der Waals surface area contributed by atoms with Gasteiger partial charge in [0.15, 0.2) is 16.6 Å². The third-order valence-electron chi connectivity index (χ3n) is 3.35. The fourth-order valence-electron chi connectivity index (χ4n) is 2.18. The average molecular weight is 409 g/mol. The molecule has 3 heterocycles. The number of anilines is 2. The summed E-state index contributed by atoms with van der Waals surface area (Å²) in [5.74, 6) is 0.703. The molecule has 2 aromatic heterocycles. The van der Waals surface area contributed by atoms with Crippen LogP contribution >= 0.6 is 22.7 Å². The lowest BCUT2D eigenvalue weighted by atomic mass is 10.2. The van der Waals surface area contributed by atoms with Crippen molar-refractivity contribution in [1.29, 1.82) is 0 Å². The number of hydrogen-bond acceptors (Lipinski definition) is 8. The number of carbonyl (C=O) groups excluding carboxylic acids is 1. The molecular formula is C15H11N3O5S3. The number of nitrogens with one attached hydrogen (secondary N) is 2. The monoisotopic (exact) mass is 409 g/mol. The molecule has 1 aromatic carbocycles. The third kappa shape index (κ3) is 3.36. The van der Waals surface area contributed by atoms with Gasteiger partial charge in [0.1, 0.15) is 9.90 Å². The molecule has 0 fully saturated rings. The van der Waals surface area contributed by atoms with Gasteiger partial charge in [-0.05, 0) is 23.6 Å². The third-order valence-corrected chi connectivity index (χ3v) is 6.97. The molecule has 0 saturated carbocycles. The van der Waals surface area contributed by atoms with Crippen molar-refractivity contribution in [3.05, 3.63) is 46.8 Å². The van der Waals surface area contributed by atoms with E-state index in [9.17, 15) is 13.2 Å². The quantitative estimate of drug-likeness (QED) is 0.671. The van der Waals surface area contributed by atoms with E-state index >= 15 is 0 Å². The van der Waals surface area contributed by atoms with E-state index in [4.69, 9.17) is 9.47 Å². The average Bonchev–Trinajstić information content (AvgIpc) is 3.35. The molecule has 8 nitrogen and oxygen atoms in total. The molecular weight excluding hydrogens is 398 g/mol. The second kappa shape index (κ2) is 6.59. The van der Waals surface area contributed by atoms with Crippen LogP contribution in [0.4, 0.5) is 10.8 Å². The summed E-state index contributed by atoms with van der Waals surface area (Å²) in [5, 5.41) is 5.95. The number of hydrogen-bond donors (Lipinski definition) is 2. The van der Waals surface area contributed by atoms with Crippen LogP contribution in [-0.2, 0) is 10.0 Å². The molecule has 0 spiro atoms. The Labute approximate surface area is 156 Å². The SMILES string of the molecule is O=C(Nc1ccc2c(c1)OCO2)c1csc(NS(=O)(=O)c2cccs2)n1. The summed E-state index contributed by atoms with van der Waals surface area (Å²) in [5.41, 5.74) is 0.629. The number of thiazole rings is 1. The zero-order valence-corrected chi connectivity index (χ0v) is 15.4. The Morgan fingerprint density at radius 1 is 1.15 bits per heavy atom. The van der Waals surface area contributed by atoms with Crippen molar-refractivity contribution in [1.82, 2.24) is 4.98 Å². The second-order valence-electron chi connectivity index (χ2n) is 5.10. The Kier molecular flexibility index (Phi) is 4.26. The number of carbonyl (C=O) groups is 1. The number of fused-ring (bicyclic) bond motifs is 1. The lowest BCUT2D eigenvalue weighted by Gasteiger charge is -2.04. The van der Waals surface area contributed by atoms with Crippen LogP contribution in [-0.4, -0.2) is 26.1 Å². The van der Waals surface area contributed by atoms with Crippen LogP contribution in [0.15, 0.2) is 45.3 Å². The predicted molar refractivity (Wildman–Crippen MR) is 97.8 cm³/mol. The lowest BCUT2D eigenvalue weighted by Crippen LogP contribution is -2.14. The van der Waals surface area contributed by atoms with Crippen LogP contribution in [0.1, 0.15) is 10.5 Å². The minimum atomic E-state index is -3.69. The van der Waals surface area contributed by atoms with Crippen molar-refractivity contribution in [3.63, 3.8) is 0 Å². The topological polar surface area (TPSA) is 107 Å². The summed E-state index contributed by atoms with van der Waals surface area (Å²) in [6.45, 7) is 0.145. The van der Waals surface area contributed by atoms with Gasteiger partial charge in [-0.15, -0.1) is 22.7 Å². The van der Waals surface area contributed by atoms with Gasteiger partial charge < -0.3 is 14.8 Å². The zero-order valence-electron chi connectivity index (χ0n) is 13.0. The summed E-state index contributed by atoms with van der Waals surface area (Å²) in [6, 6.07) is 8.16. The summed E-state index contributed by atoms with van der Waals surface area (Å²) in [6.07, 6.45) is 0. The molecule has 4 rings (SSSR count). The molecule has 0 bridgehead atoms. The number of nitrogens with zero attached hydrogens (tertiary/aromatic N) is 1. The van der Waals surface area contributed by atoms with Crippen molar-refractivity contribution in [2.45, 2.75) is 4.21 Å². The molecule has 2 N–H and O–H groups in total. The first kappa shape index (κ1) is 16.8. The Balaban J connectivity index is 1.46. The van der Waals surface area contributed by atoms with Gasteiger partial charge in [0.25, 0.3) is 15.9 Å². The number of amides is 1. The van der Waals surface area contributed by atoms with Gasteiger partial charge in [0, 0.05) is 17.1 Å². The zero-order chi connectivity index (χ0) is 18.1. The maximum Gasteiger partial charge on any atom is 0.275 e. The first-order chi connectivity index (χ1) is 12.5. The van der Waals surface area contributed by atoms with Gasteiger partial charge >= 0.3 is 0 Å². The maximum absolute atomic E-state index is 12.3. The summed E-state index contributed by atoms with van der Waals surface area (Å²) >= 11 is 2.13. The predicted octanol–water partition coefficient (Wildman–Crippen LogP) is 2.99. The van der Waals surface area contributed by atoms with E-state index in [1.807, 2.05) is 0 Å². The van der Waals surface area contributed by atoms with Gasteiger partial charge in [-0.3, -0.25) is 9.52 Å². The molecule has 0 atom stereocenters. The molecule has 0 saturated heterocycles. The fourth-order valence-corrected chi connectivity index (χ4v) is 5.11. The van der Waals surface area contributed by atoms with Gasteiger partial charge in [-0.25, -0.2) is 13.4 Å². The Morgan fingerprint density at radius 2 is 2.00 bits per heavy atom. The van der Waals surface area contributed by atoms with Crippen LogP contribution in [0.25, 0.3) is 0 Å². The second-order valence-corrected chi connectivity index (χ2v) is 8.81. The van der Waals surface area contributed by atoms with Crippen molar-refractivity contribution < 1.29 is 22.7 Å². The van der Waals surface area contributed by atoms with Crippen LogP contribution in [0.3, 0.4) is 0 Å². The molecule has 0 radical (unpaired) electrons. The van der Waals surface area contributed by atoms with E-state index in [1.165, 1.54) is 11.4 Å². The van der Waals surface area contributed by atoms with Crippen molar-refractivity contribution in [2.75, 3.05) is 16.8 Å². The van der Waals surface area contributed by atoms with Crippen LogP contribution in [0.2, 0.25) is 0 Å². The number of benzene rings is 1. The van der Waals surface area contributed by atoms with E-state index in [2.05, 4.69) is 15.0 Å². The molecule has 1 aliphatic rings. The van der Waals surface area contributed by atoms with E-state index in [0.717, 1.165) is 22.7 Å². The first-order valence-corrected chi connectivity index (χ1v) is 10.5. The van der Waals surface area contributed by atoms with Gasteiger partial charge in [-0.2, -0.15) is 0 Å². The molecule has 26 heavy (non-hydrogen) atoms. The highest BCUT2D eigenvalue weighted by atomic mass is 32.2. The van der Waals surface area contributed by atoms with Gasteiger partial charge in [0.2, 0.25) is 6.79 Å². The number of sulfonamides is 1. The van der Waals surface area contributed by atoms with Crippen LogP contribution in [0, 0.1) is 0 Å². The number of ether oxygens (including phenoxy) is 2. The van der Waals surface area contributed by atoms with Gasteiger partial charge in [-0.1, -0.05) is 6.07 Å². The standard InChI is InChI=1S/C15H11N3O5S3/c19-14(16-9-3-4-11-12(6-9)23-8-22-11)10-7-25-15(17-10)18-26(20,21)13-2-1-5-24-13/h1-7H,8H2,(H,16,19)(H,17,18). The fraction of sp³-hybridized carbons (Fsp3) is 0.0667. The highest BCUT2D eigenvalue weighted by Crippen LogP contribution is 2.34. The normalized spacial score (nSPS) is 12.8. The van der Waals surface area contributed by atoms with E-state index in [-0.39, 0.29) is 21.8 Å². The van der Waals surface area contributed by atoms with Crippen LogP contribution < -0.4 is 19.5 Å². The van der Waals surface area contributed by atoms with Crippen molar-refractivity contribution >= 4 is 49.4 Å². The summed E-state index contributed by atoms with van der Waals surface area (Å²) < 4.78 is 37.4. The minimum Gasteiger partial charge on any atom is -0.454 e. The molecule has 1 aliphatic heterocycles. The molecule has 3 aromatic rings. The minimum absolute atomic E-state index is 0.108. The Hall–Kier alpha value is -2.63. The number of thiophene rings is 1. The maximum atomic E-state index is 12.3. The van der Waals surface area contributed by atoms with Crippen molar-refractivity contribution in [3.8, 4) is 11.5 Å². The first-order valence-electron chi connectivity index (χ1n) is 7.24. The molecule has 11 heteroatoms. The largest absolute Gasteiger partial charge is 0.454 e. The highest BCUT2D eigenvalue weighted by molar-refractivity contribution is 7.94. The Bertz CT molecular complexity index is 1060.